The maximum Gasteiger partial charge on any atom is 0.279 e. The molecule has 146 valence electrons. The fraction of sp³-hybridized carbons (Fsp3) is 0.0476. The lowest BCUT2D eigenvalue weighted by molar-refractivity contribution is 0.588. The number of benzene rings is 3. The second-order valence-electron chi connectivity index (χ2n) is 6.32. The van der Waals surface area contributed by atoms with Gasteiger partial charge >= 0.3 is 0 Å². The maximum absolute atomic E-state index is 13.3. The predicted molar refractivity (Wildman–Crippen MR) is 109 cm³/mol. The minimum Gasteiger partial charge on any atom is -0.267 e. The highest BCUT2D eigenvalue weighted by atomic mass is 32.2. The highest BCUT2D eigenvalue weighted by Crippen LogP contribution is 2.27. The molecule has 3 aromatic carbocycles. The van der Waals surface area contributed by atoms with Crippen molar-refractivity contribution in [3.63, 3.8) is 0 Å². The van der Waals surface area contributed by atoms with Gasteiger partial charge in [0.2, 0.25) is 10.0 Å². The molecule has 1 N–H and O–H groups in total. The van der Waals surface area contributed by atoms with E-state index in [9.17, 15) is 17.6 Å². The van der Waals surface area contributed by atoms with Crippen LogP contribution in [0.1, 0.15) is 0 Å². The van der Waals surface area contributed by atoms with E-state index in [1.807, 2.05) is 0 Å². The Kier molecular flexibility index (Phi) is 4.73. The molecule has 1 aromatic heterocycles. The number of nitrogens with zero attached hydrogens (tertiary/aromatic N) is 2. The van der Waals surface area contributed by atoms with Gasteiger partial charge in [0.1, 0.15) is 5.82 Å². The first-order valence-electron chi connectivity index (χ1n) is 8.73. The summed E-state index contributed by atoms with van der Waals surface area (Å²) in [6.45, 7) is 0. The van der Waals surface area contributed by atoms with Crippen molar-refractivity contribution < 1.29 is 12.8 Å². The minimum atomic E-state index is -3.65. The number of nitrogens with one attached hydrogen (secondary N) is 1. The van der Waals surface area contributed by atoms with Crippen LogP contribution < -0.4 is 10.3 Å². The van der Waals surface area contributed by atoms with Crippen molar-refractivity contribution in [2.45, 2.75) is 4.90 Å². The normalized spacial score (nSPS) is 11.7. The Labute approximate surface area is 166 Å². The first-order valence-corrected chi connectivity index (χ1v) is 10.2. The first-order chi connectivity index (χ1) is 13.9. The molecular weight excluding hydrogens is 393 g/mol. The smallest absolute Gasteiger partial charge is 0.267 e. The van der Waals surface area contributed by atoms with Gasteiger partial charge in [-0.25, -0.2) is 17.5 Å². The molecule has 4 aromatic rings. The van der Waals surface area contributed by atoms with Crippen molar-refractivity contribution >= 4 is 20.8 Å². The molecule has 0 saturated heterocycles. The molecule has 0 atom stereocenters. The minimum absolute atomic E-state index is 0.0860. The largest absolute Gasteiger partial charge is 0.279 e. The summed E-state index contributed by atoms with van der Waals surface area (Å²) in [5, 5.41) is 5.50. The highest BCUT2D eigenvalue weighted by Gasteiger charge is 2.16. The van der Waals surface area contributed by atoms with Crippen LogP contribution >= 0.6 is 0 Å². The molecule has 0 bridgehead atoms. The average Bonchev–Trinajstić information content (AvgIpc) is 2.75. The lowest BCUT2D eigenvalue weighted by Crippen LogP contribution is -2.22. The third-order valence-corrected chi connectivity index (χ3v) is 5.97. The molecule has 6 nitrogen and oxygen atoms in total. The first kappa shape index (κ1) is 19.0. The van der Waals surface area contributed by atoms with Gasteiger partial charge in [0, 0.05) is 10.9 Å². The molecule has 0 fully saturated rings. The Balaban J connectivity index is 2.03. The summed E-state index contributed by atoms with van der Waals surface area (Å²) < 4.78 is 41.2. The van der Waals surface area contributed by atoms with Gasteiger partial charge in [0.15, 0.2) is 0 Å². The van der Waals surface area contributed by atoms with Gasteiger partial charge in [-0.2, -0.15) is 9.78 Å². The molecule has 0 amide bonds. The summed E-state index contributed by atoms with van der Waals surface area (Å²) in [7, 11) is -2.31. The van der Waals surface area contributed by atoms with Crippen LogP contribution in [0.25, 0.3) is 27.7 Å². The van der Waals surface area contributed by atoms with Crippen LogP contribution in [0.4, 0.5) is 4.39 Å². The van der Waals surface area contributed by atoms with E-state index in [2.05, 4.69) is 9.82 Å². The molecule has 0 aliphatic rings. The molecule has 0 saturated carbocycles. The van der Waals surface area contributed by atoms with Crippen LogP contribution in [0, 0.1) is 5.82 Å². The van der Waals surface area contributed by atoms with Gasteiger partial charge in [0.05, 0.1) is 21.7 Å². The van der Waals surface area contributed by atoms with E-state index >= 15 is 0 Å². The standard InChI is InChI=1S/C21H16FN3O3S/c1-23-29(27,28)17-6-4-5-14(13-17)20-18-7-2-3-8-19(18)21(26)25(24-20)16-11-9-15(22)10-12-16/h2-13,23H,1H3. The highest BCUT2D eigenvalue weighted by molar-refractivity contribution is 7.89. The van der Waals surface area contributed by atoms with Crippen LogP contribution in [-0.2, 0) is 10.0 Å². The van der Waals surface area contributed by atoms with Crippen molar-refractivity contribution in [3.8, 4) is 16.9 Å². The molecule has 0 spiro atoms. The Morgan fingerprint density at radius 2 is 1.62 bits per heavy atom. The second kappa shape index (κ2) is 7.23. The second-order valence-corrected chi connectivity index (χ2v) is 8.21. The summed E-state index contributed by atoms with van der Waals surface area (Å²) in [5.41, 5.74) is 1.03. The number of sulfonamides is 1. The zero-order valence-electron chi connectivity index (χ0n) is 15.3. The Morgan fingerprint density at radius 1 is 0.931 bits per heavy atom. The maximum atomic E-state index is 13.3. The van der Waals surface area contributed by atoms with E-state index in [1.54, 1.807) is 36.4 Å². The van der Waals surface area contributed by atoms with Crippen LogP contribution in [0.2, 0.25) is 0 Å². The fourth-order valence-electron chi connectivity index (χ4n) is 3.09. The molecule has 0 aliphatic carbocycles. The van der Waals surface area contributed by atoms with E-state index in [4.69, 9.17) is 0 Å². The molecule has 0 aliphatic heterocycles. The van der Waals surface area contributed by atoms with E-state index < -0.39 is 15.8 Å². The van der Waals surface area contributed by atoms with Crippen LogP contribution in [0.5, 0.6) is 0 Å². The third kappa shape index (κ3) is 3.43. The van der Waals surface area contributed by atoms with E-state index in [1.165, 1.54) is 48.1 Å². The fourth-order valence-corrected chi connectivity index (χ4v) is 3.86. The van der Waals surface area contributed by atoms with Crippen molar-refractivity contribution in [2.24, 2.45) is 0 Å². The Bertz CT molecular complexity index is 1380. The molecule has 0 radical (unpaired) electrons. The van der Waals surface area contributed by atoms with Gasteiger partial charge in [0.25, 0.3) is 5.56 Å². The average molecular weight is 409 g/mol. The van der Waals surface area contributed by atoms with Crippen molar-refractivity contribution in [1.29, 1.82) is 0 Å². The predicted octanol–water partition coefficient (Wildman–Crippen LogP) is 3.10. The Hall–Kier alpha value is -3.36. The molecule has 29 heavy (non-hydrogen) atoms. The number of hydrogen-bond acceptors (Lipinski definition) is 4. The van der Waals surface area contributed by atoms with Crippen molar-refractivity contribution in [1.82, 2.24) is 14.5 Å². The van der Waals surface area contributed by atoms with E-state index in [0.29, 0.717) is 27.7 Å². The topological polar surface area (TPSA) is 81.1 Å². The number of fused-ring (bicyclic) bond motifs is 1. The molecule has 1 heterocycles. The SMILES string of the molecule is CNS(=O)(=O)c1cccc(-c2nn(-c3ccc(F)cc3)c(=O)c3ccccc23)c1. The molecule has 8 heteroatoms. The van der Waals surface area contributed by atoms with E-state index in [0.717, 1.165) is 0 Å². The summed E-state index contributed by atoms with van der Waals surface area (Å²) in [4.78, 5) is 13.1. The lowest BCUT2D eigenvalue weighted by Gasteiger charge is -2.12. The van der Waals surface area contributed by atoms with Gasteiger partial charge in [-0.15, -0.1) is 0 Å². The zero-order valence-corrected chi connectivity index (χ0v) is 16.2. The number of rotatable bonds is 4. The molecule has 0 unspecified atom stereocenters. The summed E-state index contributed by atoms with van der Waals surface area (Å²) >= 11 is 0. The van der Waals surface area contributed by atoms with E-state index in [-0.39, 0.29) is 10.5 Å². The van der Waals surface area contributed by atoms with Crippen LogP contribution in [0.15, 0.2) is 82.5 Å². The zero-order chi connectivity index (χ0) is 20.6. The van der Waals surface area contributed by atoms with Crippen LogP contribution in [0.3, 0.4) is 0 Å². The van der Waals surface area contributed by atoms with Crippen molar-refractivity contribution in [3.05, 3.63) is 89.0 Å². The van der Waals surface area contributed by atoms with Gasteiger partial charge in [-0.1, -0.05) is 30.3 Å². The number of hydrogen-bond donors (Lipinski definition) is 1. The quantitative estimate of drug-likeness (QED) is 0.562. The van der Waals surface area contributed by atoms with Crippen LogP contribution in [-0.4, -0.2) is 25.2 Å². The van der Waals surface area contributed by atoms with Gasteiger partial charge in [-0.3, -0.25) is 4.79 Å². The molecule has 4 rings (SSSR count). The van der Waals surface area contributed by atoms with Crippen molar-refractivity contribution in [2.75, 3.05) is 7.05 Å². The number of halogens is 1. The summed E-state index contributed by atoms with van der Waals surface area (Å²) in [6.07, 6.45) is 0. The van der Waals surface area contributed by atoms with Gasteiger partial charge in [-0.05, 0) is 49.5 Å². The lowest BCUT2D eigenvalue weighted by atomic mass is 10.1. The number of aromatic nitrogens is 2. The third-order valence-electron chi connectivity index (χ3n) is 4.56. The Morgan fingerprint density at radius 3 is 2.31 bits per heavy atom. The molecular formula is C21H16FN3O3S. The summed E-state index contributed by atoms with van der Waals surface area (Å²) in [5.74, 6) is -0.423. The summed E-state index contributed by atoms with van der Waals surface area (Å²) in [6, 6.07) is 18.7. The monoisotopic (exact) mass is 409 g/mol. The van der Waals surface area contributed by atoms with Gasteiger partial charge < -0.3 is 0 Å².